The van der Waals surface area contributed by atoms with Gasteiger partial charge in [0.25, 0.3) is 0 Å². The Kier molecular flexibility index (Phi) is 9.01. The minimum absolute atomic E-state index is 0.520. The molecule has 0 saturated carbocycles. The maximum atomic E-state index is 4.86. The summed E-state index contributed by atoms with van der Waals surface area (Å²) >= 11 is 0. The molecule has 1 atom stereocenters. The van der Waals surface area contributed by atoms with Crippen molar-refractivity contribution in [3.8, 4) is 0 Å². The molecule has 2 aliphatic rings. The Bertz CT molecular complexity index is 646. The standard InChI is InChI=1S/C25H43N5/c1-5-26-25(28-24-13-16-29(17-14-24)20(2)3)27-18-22-9-11-23(12-10-22)19-30-15-7-6-8-21(30)4/h9-12,20-21,24H,5-8,13-19H2,1-4H3,(H2,26,27,28). The molecule has 1 unspecified atom stereocenters. The number of rotatable bonds is 7. The highest BCUT2D eigenvalue weighted by Crippen LogP contribution is 2.19. The van der Waals surface area contributed by atoms with Crippen LogP contribution in [-0.4, -0.2) is 60.1 Å². The summed E-state index contributed by atoms with van der Waals surface area (Å²) in [7, 11) is 0. The Hall–Kier alpha value is -1.59. The third kappa shape index (κ3) is 6.98. The molecule has 0 spiro atoms. The zero-order chi connectivity index (χ0) is 21.3. The van der Waals surface area contributed by atoms with E-state index in [4.69, 9.17) is 4.99 Å². The summed E-state index contributed by atoms with van der Waals surface area (Å²) in [5, 5.41) is 7.09. The van der Waals surface area contributed by atoms with E-state index in [1.54, 1.807) is 0 Å². The monoisotopic (exact) mass is 413 g/mol. The third-order valence-electron chi connectivity index (χ3n) is 6.71. The predicted molar refractivity (Wildman–Crippen MR) is 128 cm³/mol. The minimum Gasteiger partial charge on any atom is -0.357 e. The molecular formula is C25H43N5. The Balaban J connectivity index is 1.50. The molecular weight excluding hydrogens is 370 g/mol. The van der Waals surface area contributed by atoms with E-state index >= 15 is 0 Å². The largest absolute Gasteiger partial charge is 0.357 e. The summed E-state index contributed by atoms with van der Waals surface area (Å²) in [4.78, 5) is 10.0. The summed E-state index contributed by atoms with van der Waals surface area (Å²) in [6.45, 7) is 15.3. The quantitative estimate of drug-likeness (QED) is 0.524. The lowest BCUT2D eigenvalue weighted by molar-refractivity contribution is 0.152. The number of benzene rings is 1. The van der Waals surface area contributed by atoms with Gasteiger partial charge in [-0.05, 0) is 71.0 Å². The van der Waals surface area contributed by atoms with Crippen molar-refractivity contribution < 1.29 is 0 Å². The highest BCUT2D eigenvalue weighted by molar-refractivity contribution is 5.80. The number of hydrogen-bond donors (Lipinski definition) is 2. The first kappa shape index (κ1) is 23.1. The van der Waals surface area contributed by atoms with Crippen molar-refractivity contribution in [2.75, 3.05) is 26.2 Å². The SMILES string of the molecule is CCNC(=NCc1ccc(CN2CCCCC2C)cc1)NC1CCN(C(C)C)CC1. The van der Waals surface area contributed by atoms with Crippen LogP contribution in [0.15, 0.2) is 29.3 Å². The van der Waals surface area contributed by atoms with Gasteiger partial charge < -0.3 is 15.5 Å². The van der Waals surface area contributed by atoms with Gasteiger partial charge in [0.05, 0.1) is 6.54 Å². The van der Waals surface area contributed by atoms with Crippen LogP contribution in [0.25, 0.3) is 0 Å². The first-order valence-corrected chi connectivity index (χ1v) is 12.2. The maximum Gasteiger partial charge on any atom is 0.191 e. The van der Waals surface area contributed by atoms with Gasteiger partial charge in [0, 0.05) is 44.3 Å². The van der Waals surface area contributed by atoms with Gasteiger partial charge in [0.2, 0.25) is 0 Å². The lowest BCUT2D eigenvalue weighted by Gasteiger charge is -2.35. The maximum absolute atomic E-state index is 4.86. The van der Waals surface area contributed by atoms with Crippen molar-refractivity contribution >= 4 is 5.96 Å². The first-order chi connectivity index (χ1) is 14.5. The molecule has 2 saturated heterocycles. The lowest BCUT2D eigenvalue weighted by Crippen LogP contribution is -2.49. The van der Waals surface area contributed by atoms with Crippen LogP contribution in [0.3, 0.4) is 0 Å². The Morgan fingerprint density at radius 2 is 1.73 bits per heavy atom. The molecule has 168 valence electrons. The number of aliphatic imine (C=N–C) groups is 1. The van der Waals surface area contributed by atoms with E-state index in [0.29, 0.717) is 18.1 Å². The molecule has 0 aromatic heterocycles. The van der Waals surface area contributed by atoms with E-state index in [0.717, 1.165) is 25.6 Å². The molecule has 30 heavy (non-hydrogen) atoms. The van der Waals surface area contributed by atoms with Gasteiger partial charge in [0.1, 0.15) is 0 Å². The number of likely N-dealkylation sites (tertiary alicyclic amines) is 2. The molecule has 1 aromatic carbocycles. The van der Waals surface area contributed by atoms with Gasteiger partial charge in [-0.25, -0.2) is 4.99 Å². The van der Waals surface area contributed by atoms with Crippen molar-refractivity contribution in [2.45, 2.75) is 91.0 Å². The third-order valence-corrected chi connectivity index (χ3v) is 6.71. The number of nitrogens with one attached hydrogen (secondary N) is 2. The zero-order valence-electron chi connectivity index (χ0n) is 19.7. The minimum atomic E-state index is 0.520. The Morgan fingerprint density at radius 3 is 2.37 bits per heavy atom. The van der Waals surface area contributed by atoms with Crippen molar-refractivity contribution in [1.29, 1.82) is 0 Å². The fourth-order valence-electron chi connectivity index (χ4n) is 4.62. The van der Waals surface area contributed by atoms with Gasteiger partial charge in [0.15, 0.2) is 5.96 Å². The van der Waals surface area contributed by atoms with Crippen molar-refractivity contribution in [3.05, 3.63) is 35.4 Å². The van der Waals surface area contributed by atoms with E-state index < -0.39 is 0 Å². The molecule has 3 rings (SSSR count). The normalized spacial score (nSPS) is 22.4. The highest BCUT2D eigenvalue weighted by Gasteiger charge is 2.21. The zero-order valence-corrected chi connectivity index (χ0v) is 19.7. The van der Waals surface area contributed by atoms with Crippen molar-refractivity contribution in [2.24, 2.45) is 4.99 Å². The van der Waals surface area contributed by atoms with Crippen LogP contribution in [0.2, 0.25) is 0 Å². The van der Waals surface area contributed by atoms with Crippen LogP contribution < -0.4 is 10.6 Å². The predicted octanol–water partition coefficient (Wildman–Crippen LogP) is 3.99. The van der Waals surface area contributed by atoms with E-state index in [1.165, 1.54) is 62.9 Å². The molecule has 2 heterocycles. The van der Waals surface area contributed by atoms with Crippen LogP contribution in [0.1, 0.15) is 70.9 Å². The van der Waals surface area contributed by atoms with Crippen molar-refractivity contribution in [1.82, 2.24) is 20.4 Å². The van der Waals surface area contributed by atoms with Crippen LogP contribution in [-0.2, 0) is 13.1 Å². The van der Waals surface area contributed by atoms with Gasteiger partial charge in [-0.1, -0.05) is 30.7 Å². The number of nitrogens with zero attached hydrogens (tertiary/aromatic N) is 3. The second kappa shape index (κ2) is 11.7. The van der Waals surface area contributed by atoms with Crippen molar-refractivity contribution in [3.63, 3.8) is 0 Å². The fourth-order valence-corrected chi connectivity index (χ4v) is 4.62. The average molecular weight is 414 g/mol. The second-order valence-electron chi connectivity index (χ2n) is 9.38. The summed E-state index contributed by atoms with van der Waals surface area (Å²) in [6.07, 6.45) is 6.43. The molecule has 2 fully saturated rings. The molecule has 0 radical (unpaired) electrons. The van der Waals surface area contributed by atoms with Gasteiger partial charge in [-0.2, -0.15) is 0 Å². The number of piperidine rings is 2. The number of hydrogen-bond acceptors (Lipinski definition) is 3. The van der Waals surface area contributed by atoms with E-state index in [9.17, 15) is 0 Å². The molecule has 0 bridgehead atoms. The molecule has 5 nitrogen and oxygen atoms in total. The molecule has 2 aliphatic heterocycles. The van der Waals surface area contributed by atoms with E-state index in [1.807, 2.05) is 0 Å². The average Bonchev–Trinajstić information content (AvgIpc) is 2.75. The summed E-state index contributed by atoms with van der Waals surface area (Å²) in [6, 6.07) is 10.9. The molecule has 0 aliphatic carbocycles. The number of guanidine groups is 1. The lowest BCUT2D eigenvalue weighted by atomic mass is 10.0. The Labute approximate surface area is 184 Å². The molecule has 5 heteroatoms. The van der Waals surface area contributed by atoms with Crippen LogP contribution in [0.5, 0.6) is 0 Å². The second-order valence-corrected chi connectivity index (χ2v) is 9.38. The van der Waals surface area contributed by atoms with Gasteiger partial charge in [-0.3, -0.25) is 4.90 Å². The molecule has 1 aromatic rings. The fraction of sp³-hybridized carbons (Fsp3) is 0.720. The highest BCUT2D eigenvalue weighted by atomic mass is 15.2. The summed E-state index contributed by atoms with van der Waals surface area (Å²) in [5.74, 6) is 0.951. The molecule has 2 N–H and O–H groups in total. The van der Waals surface area contributed by atoms with Crippen LogP contribution in [0.4, 0.5) is 0 Å². The smallest absolute Gasteiger partial charge is 0.191 e. The summed E-state index contributed by atoms with van der Waals surface area (Å²) < 4.78 is 0. The topological polar surface area (TPSA) is 42.9 Å². The van der Waals surface area contributed by atoms with Crippen LogP contribution >= 0.6 is 0 Å². The van der Waals surface area contributed by atoms with Crippen LogP contribution in [0, 0.1) is 0 Å². The van der Waals surface area contributed by atoms with E-state index in [2.05, 4.69) is 72.4 Å². The van der Waals surface area contributed by atoms with Gasteiger partial charge in [-0.15, -0.1) is 0 Å². The summed E-state index contributed by atoms with van der Waals surface area (Å²) in [5.41, 5.74) is 2.69. The van der Waals surface area contributed by atoms with Gasteiger partial charge >= 0.3 is 0 Å². The van der Waals surface area contributed by atoms with E-state index in [-0.39, 0.29) is 0 Å². The Morgan fingerprint density at radius 1 is 1.03 bits per heavy atom. The molecule has 0 amide bonds. The first-order valence-electron chi connectivity index (χ1n) is 12.2.